The van der Waals surface area contributed by atoms with Crippen LogP contribution in [-0.2, 0) is 16.1 Å². The highest BCUT2D eigenvalue weighted by molar-refractivity contribution is 7.99. The fraction of sp³-hybridized carbons (Fsp3) is 0.520. The van der Waals surface area contributed by atoms with Gasteiger partial charge in [0.25, 0.3) is 0 Å². The maximum Gasteiger partial charge on any atom is 0.412 e. The van der Waals surface area contributed by atoms with Gasteiger partial charge in [0.15, 0.2) is 0 Å². The van der Waals surface area contributed by atoms with Crippen molar-refractivity contribution >= 4 is 17.9 Å². The van der Waals surface area contributed by atoms with Crippen molar-refractivity contribution in [1.29, 1.82) is 0 Å². The number of benzene rings is 1. The average molecular weight is 459 g/mol. The van der Waals surface area contributed by atoms with Gasteiger partial charge in [-0.1, -0.05) is 48.2 Å². The summed E-state index contributed by atoms with van der Waals surface area (Å²) in [5, 5.41) is 10.7. The molecule has 1 saturated heterocycles. The van der Waals surface area contributed by atoms with Crippen LogP contribution in [0.2, 0.25) is 0 Å². The second-order valence-electron chi connectivity index (χ2n) is 9.59. The zero-order valence-electron chi connectivity index (χ0n) is 19.8. The van der Waals surface area contributed by atoms with Gasteiger partial charge in [0.2, 0.25) is 0 Å². The second-order valence-corrected chi connectivity index (χ2v) is 10.8. The lowest BCUT2D eigenvalue weighted by atomic mass is 10.0. The van der Waals surface area contributed by atoms with Gasteiger partial charge in [0.1, 0.15) is 16.4 Å². The first-order valence-corrected chi connectivity index (χ1v) is 11.8. The predicted octanol–water partition coefficient (Wildman–Crippen LogP) is 5.48. The van der Waals surface area contributed by atoms with Crippen LogP contribution in [0, 0.1) is 6.92 Å². The fourth-order valence-corrected chi connectivity index (χ4v) is 5.18. The van der Waals surface area contributed by atoms with Gasteiger partial charge in [-0.25, -0.2) is 9.78 Å². The molecule has 1 aromatic carbocycles. The number of carbonyl (C=O) groups excluding carboxylic acids is 1. The first-order chi connectivity index (χ1) is 15.0. The summed E-state index contributed by atoms with van der Waals surface area (Å²) in [6.07, 6.45) is 0.296. The topological polar surface area (TPSA) is 71.9 Å². The summed E-state index contributed by atoms with van der Waals surface area (Å²) < 4.78 is 11.7. The molecule has 32 heavy (non-hydrogen) atoms. The third kappa shape index (κ3) is 6.03. The molecule has 2 heterocycles. The Balaban J connectivity index is 1.91. The molecular formula is C25H34N2O4S. The van der Waals surface area contributed by atoms with Crippen LogP contribution in [-0.4, -0.2) is 45.1 Å². The molecule has 1 aliphatic rings. The summed E-state index contributed by atoms with van der Waals surface area (Å²) in [6, 6.07) is 13.9. The Bertz CT molecular complexity index is 927. The van der Waals surface area contributed by atoms with Gasteiger partial charge < -0.3 is 14.6 Å². The van der Waals surface area contributed by atoms with Crippen LogP contribution in [0.15, 0.2) is 47.5 Å². The molecule has 0 saturated carbocycles. The molecule has 0 radical (unpaired) electrons. The summed E-state index contributed by atoms with van der Waals surface area (Å²) in [7, 11) is 0. The summed E-state index contributed by atoms with van der Waals surface area (Å²) >= 11 is 1.62. The van der Waals surface area contributed by atoms with E-state index in [1.165, 1.54) is 0 Å². The van der Waals surface area contributed by atoms with Gasteiger partial charge >= 0.3 is 6.09 Å². The lowest BCUT2D eigenvalue weighted by Gasteiger charge is -2.36. The Morgan fingerprint density at radius 1 is 1.28 bits per heavy atom. The van der Waals surface area contributed by atoms with Gasteiger partial charge in [-0.2, -0.15) is 0 Å². The Hall–Kier alpha value is -2.09. The van der Waals surface area contributed by atoms with Crippen molar-refractivity contribution < 1.29 is 19.4 Å². The number of pyridine rings is 1. The summed E-state index contributed by atoms with van der Waals surface area (Å²) in [6.45, 7) is 11.7. The number of nitrogens with zero attached hydrogens (tertiary/aromatic N) is 2. The Morgan fingerprint density at radius 3 is 2.59 bits per heavy atom. The number of amides is 1. The summed E-state index contributed by atoms with van der Waals surface area (Å²) in [4.78, 5) is 19.5. The van der Waals surface area contributed by atoms with Crippen LogP contribution in [0.3, 0.4) is 0 Å². The molecule has 0 unspecified atom stereocenters. The number of hydrogen-bond donors (Lipinski definition) is 1. The van der Waals surface area contributed by atoms with Crippen molar-refractivity contribution in [2.24, 2.45) is 0 Å². The highest BCUT2D eigenvalue weighted by Gasteiger charge is 2.46. The molecule has 1 amide bonds. The monoisotopic (exact) mass is 458 g/mol. The number of rotatable bonds is 6. The van der Waals surface area contributed by atoms with E-state index in [4.69, 9.17) is 9.47 Å². The second kappa shape index (κ2) is 9.81. The third-order valence-corrected chi connectivity index (χ3v) is 6.65. The number of carbonyl (C=O) groups is 1. The molecule has 2 atom stereocenters. The molecule has 6 nitrogen and oxygen atoms in total. The van der Waals surface area contributed by atoms with Crippen LogP contribution in [0.1, 0.15) is 63.1 Å². The molecule has 0 aliphatic carbocycles. The van der Waals surface area contributed by atoms with Crippen LogP contribution in [0.4, 0.5) is 4.79 Å². The number of aliphatic hydroxyl groups excluding tert-OH is 1. The van der Waals surface area contributed by atoms with Crippen molar-refractivity contribution in [3.8, 4) is 0 Å². The minimum atomic E-state index is -0.753. The smallest absolute Gasteiger partial charge is 0.412 e. The van der Waals surface area contributed by atoms with Crippen LogP contribution in [0.5, 0.6) is 0 Å². The summed E-state index contributed by atoms with van der Waals surface area (Å²) in [5.74, 6) is 0. The number of hydrogen-bond acceptors (Lipinski definition) is 6. The molecule has 1 aliphatic heterocycles. The first kappa shape index (κ1) is 24.6. The van der Waals surface area contributed by atoms with Gasteiger partial charge in [-0.05, 0) is 59.6 Å². The first-order valence-electron chi connectivity index (χ1n) is 11.0. The molecule has 1 N–H and O–H groups in total. The number of aromatic nitrogens is 1. The van der Waals surface area contributed by atoms with Crippen molar-refractivity contribution in [3.05, 3.63) is 59.3 Å². The van der Waals surface area contributed by atoms with E-state index in [1.807, 2.05) is 71.9 Å². The fourth-order valence-electron chi connectivity index (χ4n) is 3.82. The zero-order valence-corrected chi connectivity index (χ0v) is 20.6. The molecule has 3 rings (SSSR count). The minimum absolute atomic E-state index is 0.0169. The minimum Gasteiger partial charge on any atom is -0.444 e. The molecule has 1 fully saturated rings. The Labute approximate surface area is 195 Å². The van der Waals surface area contributed by atoms with E-state index in [0.29, 0.717) is 13.0 Å². The van der Waals surface area contributed by atoms with Crippen molar-refractivity contribution in [2.75, 3.05) is 6.61 Å². The highest BCUT2D eigenvalue weighted by Crippen LogP contribution is 2.42. The van der Waals surface area contributed by atoms with E-state index in [9.17, 15) is 9.90 Å². The van der Waals surface area contributed by atoms with Gasteiger partial charge in [-0.15, -0.1) is 0 Å². The quantitative estimate of drug-likeness (QED) is 0.578. The maximum absolute atomic E-state index is 13.1. The van der Waals surface area contributed by atoms with E-state index in [1.54, 1.807) is 16.7 Å². The third-order valence-electron chi connectivity index (χ3n) is 5.32. The largest absolute Gasteiger partial charge is 0.444 e. The van der Waals surface area contributed by atoms with Crippen LogP contribution < -0.4 is 0 Å². The number of aliphatic hydroxyl groups is 1. The predicted molar refractivity (Wildman–Crippen MR) is 126 cm³/mol. The summed E-state index contributed by atoms with van der Waals surface area (Å²) in [5.41, 5.74) is 1.50. The van der Waals surface area contributed by atoms with Crippen LogP contribution in [0.25, 0.3) is 0 Å². The zero-order chi connectivity index (χ0) is 23.5. The SMILES string of the molecule is Cc1ccc(CO)c(S[C@H](C[C@H]2COC(C)(C)N2C(=O)OC(C)(C)C)c2ccccc2)n1. The molecule has 0 bridgehead atoms. The Morgan fingerprint density at radius 2 is 1.97 bits per heavy atom. The number of ether oxygens (including phenoxy) is 2. The Kier molecular flexibility index (Phi) is 7.53. The van der Waals surface area contributed by atoms with Gasteiger partial charge in [-0.3, -0.25) is 4.90 Å². The molecular weight excluding hydrogens is 424 g/mol. The van der Waals surface area contributed by atoms with Gasteiger partial charge in [0, 0.05) is 16.5 Å². The van der Waals surface area contributed by atoms with Crippen molar-refractivity contribution in [2.45, 2.75) is 82.2 Å². The normalized spacial score (nSPS) is 19.1. The lowest BCUT2D eigenvalue weighted by molar-refractivity contribution is -0.0626. The average Bonchev–Trinajstić information content (AvgIpc) is 3.01. The number of aryl methyl sites for hydroxylation is 1. The van der Waals surface area contributed by atoms with Crippen molar-refractivity contribution in [1.82, 2.24) is 9.88 Å². The molecule has 7 heteroatoms. The van der Waals surface area contributed by atoms with E-state index in [2.05, 4.69) is 17.1 Å². The maximum atomic E-state index is 13.1. The molecule has 1 aromatic heterocycles. The van der Waals surface area contributed by atoms with Crippen LogP contribution >= 0.6 is 11.8 Å². The molecule has 2 aromatic rings. The van der Waals surface area contributed by atoms with E-state index < -0.39 is 11.3 Å². The number of thioether (sulfide) groups is 1. The van der Waals surface area contributed by atoms with E-state index in [-0.39, 0.29) is 24.0 Å². The highest BCUT2D eigenvalue weighted by atomic mass is 32.2. The lowest BCUT2D eigenvalue weighted by Crippen LogP contribution is -2.50. The van der Waals surface area contributed by atoms with E-state index >= 15 is 0 Å². The standard InChI is InChI=1S/C25H34N2O4S/c1-17-12-13-19(15-28)22(26-17)32-21(18-10-8-7-9-11-18)14-20-16-30-25(5,6)27(20)23(29)31-24(2,3)4/h7-13,20-21,28H,14-16H2,1-6H3/t20-,21+/m0/s1. The molecule has 0 spiro atoms. The van der Waals surface area contributed by atoms with Gasteiger partial charge in [0.05, 0.1) is 19.3 Å². The van der Waals surface area contributed by atoms with Crippen molar-refractivity contribution in [3.63, 3.8) is 0 Å². The molecule has 174 valence electrons. The van der Waals surface area contributed by atoms with E-state index in [0.717, 1.165) is 21.8 Å².